The van der Waals surface area contributed by atoms with E-state index < -0.39 is 0 Å². The molecular formula is C14H30N2O. The molecule has 0 aromatic carbocycles. The topological polar surface area (TPSA) is 23.6 Å². The smallest absolute Gasteiger partial charge is 0.219 e. The van der Waals surface area contributed by atoms with Gasteiger partial charge in [0.2, 0.25) is 5.91 Å². The van der Waals surface area contributed by atoms with Crippen molar-refractivity contribution in [2.24, 2.45) is 5.41 Å². The Morgan fingerprint density at radius 1 is 1.00 bits per heavy atom. The Morgan fingerprint density at radius 3 is 1.71 bits per heavy atom. The second-order valence-corrected chi connectivity index (χ2v) is 4.68. The average molecular weight is 242 g/mol. The van der Waals surface area contributed by atoms with Crippen LogP contribution in [0.2, 0.25) is 0 Å². The molecule has 0 N–H and O–H groups in total. The Balaban J connectivity index is 0.000000581. The van der Waals surface area contributed by atoms with Gasteiger partial charge >= 0.3 is 0 Å². The monoisotopic (exact) mass is 242 g/mol. The van der Waals surface area contributed by atoms with Gasteiger partial charge in [-0.3, -0.25) is 4.79 Å². The van der Waals surface area contributed by atoms with E-state index in [0.29, 0.717) is 5.41 Å². The molecule has 0 aromatic heterocycles. The second kappa shape index (κ2) is 7.70. The van der Waals surface area contributed by atoms with Gasteiger partial charge in [-0.2, -0.15) is 0 Å². The van der Waals surface area contributed by atoms with Gasteiger partial charge in [0.1, 0.15) is 0 Å². The molecule has 0 bridgehead atoms. The van der Waals surface area contributed by atoms with Gasteiger partial charge in [-0.1, -0.05) is 27.7 Å². The first kappa shape index (κ1) is 16.4. The lowest BCUT2D eigenvalue weighted by Crippen LogP contribution is -2.59. The highest BCUT2D eigenvalue weighted by molar-refractivity contribution is 5.73. The van der Waals surface area contributed by atoms with Gasteiger partial charge in [0.25, 0.3) is 0 Å². The van der Waals surface area contributed by atoms with Crippen LogP contribution in [0.25, 0.3) is 0 Å². The number of carbonyl (C=O) groups excluding carboxylic acids is 1. The zero-order valence-electron chi connectivity index (χ0n) is 12.5. The summed E-state index contributed by atoms with van der Waals surface area (Å²) < 4.78 is 0. The summed E-state index contributed by atoms with van der Waals surface area (Å²) in [7, 11) is 2.17. The maximum absolute atomic E-state index is 11.1. The Labute approximate surface area is 107 Å². The first-order valence-electron chi connectivity index (χ1n) is 7.05. The van der Waals surface area contributed by atoms with Crippen molar-refractivity contribution in [2.45, 2.75) is 47.5 Å². The lowest BCUT2D eigenvalue weighted by atomic mass is 9.72. The van der Waals surface area contributed by atoms with Crippen molar-refractivity contribution < 1.29 is 4.79 Å². The third-order valence-corrected chi connectivity index (χ3v) is 3.48. The van der Waals surface area contributed by atoms with Crippen LogP contribution in [0, 0.1) is 5.41 Å². The van der Waals surface area contributed by atoms with E-state index in [-0.39, 0.29) is 5.91 Å². The van der Waals surface area contributed by atoms with E-state index in [1.807, 2.05) is 32.6 Å². The maximum atomic E-state index is 11.1. The van der Waals surface area contributed by atoms with Crippen LogP contribution >= 0.6 is 0 Å². The zero-order chi connectivity index (χ0) is 13.5. The number of likely N-dealkylation sites (tertiary alicyclic amines) is 2. The van der Waals surface area contributed by atoms with Crippen molar-refractivity contribution in [3.8, 4) is 0 Å². The van der Waals surface area contributed by atoms with Crippen molar-refractivity contribution in [3.05, 3.63) is 0 Å². The molecule has 1 amide bonds. The number of rotatable bonds is 0. The van der Waals surface area contributed by atoms with Crippen molar-refractivity contribution in [2.75, 3.05) is 33.2 Å². The van der Waals surface area contributed by atoms with Crippen LogP contribution in [-0.2, 0) is 4.79 Å². The van der Waals surface area contributed by atoms with E-state index in [0.717, 1.165) is 13.1 Å². The minimum atomic E-state index is 0.238. The van der Waals surface area contributed by atoms with E-state index in [9.17, 15) is 4.79 Å². The molecule has 17 heavy (non-hydrogen) atoms. The largest absolute Gasteiger partial charge is 0.343 e. The lowest BCUT2D eigenvalue weighted by molar-refractivity contribution is -0.133. The predicted octanol–water partition coefficient (Wildman–Crippen LogP) is 2.61. The number of carbonyl (C=O) groups is 1. The minimum absolute atomic E-state index is 0.238. The Hall–Kier alpha value is -0.570. The molecule has 2 saturated heterocycles. The molecule has 2 aliphatic heterocycles. The fourth-order valence-electron chi connectivity index (χ4n) is 2.71. The summed E-state index contributed by atoms with van der Waals surface area (Å²) in [5, 5.41) is 0. The number of hydrogen-bond donors (Lipinski definition) is 0. The highest BCUT2D eigenvalue weighted by atomic mass is 16.2. The van der Waals surface area contributed by atoms with Crippen molar-refractivity contribution in [1.29, 1.82) is 0 Å². The fraction of sp³-hybridized carbons (Fsp3) is 0.929. The molecule has 102 valence electrons. The van der Waals surface area contributed by atoms with Crippen LogP contribution < -0.4 is 0 Å². The molecule has 0 aliphatic carbocycles. The van der Waals surface area contributed by atoms with Gasteiger partial charge in [0.15, 0.2) is 0 Å². The van der Waals surface area contributed by atoms with Gasteiger partial charge < -0.3 is 9.80 Å². The van der Waals surface area contributed by atoms with E-state index in [1.54, 1.807) is 6.92 Å². The number of nitrogens with zero attached hydrogens (tertiary/aromatic N) is 2. The Kier molecular flexibility index (Phi) is 7.44. The number of hydrogen-bond acceptors (Lipinski definition) is 2. The Bertz CT molecular complexity index is 212. The molecule has 2 aliphatic rings. The molecule has 0 atom stereocenters. The molecule has 3 nitrogen and oxygen atoms in total. The third-order valence-electron chi connectivity index (χ3n) is 3.48. The number of piperidine rings is 1. The highest BCUT2D eigenvalue weighted by Crippen LogP contribution is 2.39. The van der Waals surface area contributed by atoms with Gasteiger partial charge in [-0.05, 0) is 25.3 Å². The third kappa shape index (κ3) is 4.30. The zero-order valence-corrected chi connectivity index (χ0v) is 12.5. The summed E-state index contributed by atoms with van der Waals surface area (Å²) in [4.78, 5) is 15.4. The van der Waals surface area contributed by atoms with Crippen molar-refractivity contribution >= 4 is 5.91 Å². The molecule has 0 saturated carbocycles. The molecule has 2 rings (SSSR count). The summed E-state index contributed by atoms with van der Waals surface area (Å²) in [5.74, 6) is 0.238. The van der Waals surface area contributed by atoms with E-state index in [1.165, 1.54) is 25.9 Å². The lowest BCUT2D eigenvalue weighted by Gasteiger charge is -2.52. The van der Waals surface area contributed by atoms with E-state index in [4.69, 9.17) is 0 Å². The maximum Gasteiger partial charge on any atom is 0.219 e. The predicted molar refractivity (Wildman–Crippen MR) is 74.1 cm³/mol. The minimum Gasteiger partial charge on any atom is -0.343 e. The molecule has 0 radical (unpaired) electrons. The SMILES string of the molecule is CC.CC.CC(=O)N1CCC2(CC1)CN(C)C2. The van der Waals surface area contributed by atoms with Crippen molar-refractivity contribution in [3.63, 3.8) is 0 Å². The van der Waals surface area contributed by atoms with Gasteiger partial charge in [0, 0.05) is 33.1 Å². The quantitative estimate of drug-likeness (QED) is 0.652. The normalized spacial score (nSPS) is 21.6. The summed E-state index contributed by atoms with van der Waals surface area (Å²) in [5.41, 5.74) is 0.570. The second-order valence-electron chi connectivity index (χ2n) is 4.68. The van der Waals surface area contributed by atoms with Gasteiger partial charge in [0.05, 0.1) is 0 Å². The summed E-state index contributed by atoms with van der Waals surface area (Å²) in [6.07, 6.45) is 2.41. The highest BCUT2D eigenvalue weighted by Gasteiger charge is 2.43. The van der Waals surface area contributed by atoms with Gasteiger partial charge in [-0.25, -0.2) is 0 Å². The molecule has 1 spiro atoms. The summed E-state index contributed by atoms with van der Waals surface area (Å²) in [6.45, 7) is 14.1. The first-order valence-corrected chi connectivity index (χ1v) is 7.05. The summed E-state index contributed by atoms with van der Waals surface area (Å²) in [6, 6.07) is 0. The molecule has 2 fully saturated rings. The van der Waals surface area contributed by atoms with Crippen molar-refractivity contribution in [1.82, 2.24) is 9.80 Å². The molecular weight excluding hydrogens is 212 g/mol. The fourth-order valence-corrected chi connectivity index (χ4v) is 2.71. The molecule has 2 heterocycles. The molecule has 0 unspecified atom stereocenters. The Morgan fingerprint density at radius 2 is 1.41 bits per heavy atom. The van der Waals surface area contributed by atoms with Crippen LogP contribution in [0.4, 0.5) is 0 Å². The van der Waals surface area contributed by atoms with Crippen LogP contribution in [0.1, 0.15) is 47.5 Å². The standard InChI is InChI=1S/C10H18N2O.2C2H6/c1-9(13)12-5-3-10(4-6-12)7-11(2)8-10;2*1-2/h3-8H2,1-2H3;2*1-2H3. The molecule has 0 aromatic rings. The van der Waals surface area contributed by atoms with Gasteiger partial charge in [-0.15, -0.1) is 0 Å². The number of amides is 1. The van der Waals surface area contributed by atoms with Crippen LogP contribution in [0.3, 0.4) is 0 Å². The average Bonchev–Trinajstić information content (AvgIpc) is 2.33. The van der Waals surface area contributed by atoms with E-state index >= 15 is 0 Å². The van der Waals surface area contributed by atoms with Crippen LogP contribution in [0.5, 0.6) is 0 Å². The van der Waals surface area contributed by atoms with E-state index in [2.05, 4.69) is 11.9 Å². The first-order chi connectivity index (χ1) is 8.11. The summed E-state index contributed by atoms with van der Waals surface area (Å²) >= 11 is 0. The van der Waals surface area contributed by atoms with Crippen LogP contribution in [-0.4, -0.2) is 48.9 Å². The molecule has 3 heteroatoms. The van der Waals surface area contributed by atoms with Crippen LogP contribution in [0.15, 0.2) is 0 Å².